The minimum absolute atomic E-state index is 0.283. The summed E-state index contributed by atoms with van der Waals surface area (Å²) < 4.78 is 26.1. The number of hydrazine groups is 1. The van der Waals surface area contributed by atoms with Crippen LogP contribution in [0.3, 0.4) is 0 Å². The van der Waals surface area contributed by atoms with Crippen molar-refractivity contribution < 1.29 is 8.78 Å². The summed E-state index contributed by atoms with van der Waals surface area (Å²) in [5.41, 5.74) is 3.21. The number of thioether (sulfide) groups is 1. The van der Waals surface area contributed by atoms with E-state index in [1.807, 2.05) is 18.2 Å². The molecule has 0 spiro atoms. The van der Waals surface area contributed by atoms with Crippen molar-refractivity contribution in [3.05, 3.63) is 64.7 Å². The summed E-state index contributed by atoms with van der Waals surface area (Å²) in [6.45, 7) is 0. The highest BCUT2D eigenvalue weighted by Crippen LogP contribution is 2.26. The van der Waals surface area contributed by atoms with E-state index in [9.17, 15) is 8.78 Å². The highest BCUT2D eigenvalue weighted by molar-refractivity contribution is 7.99. The highest BCUT2D eigenvalue weighted by Gasteiger charge is 2.13. The van der Waals surface area contributed by atoms with Gasteiger partial charge in [0.1, 0.15) is 0 Å². The molecule has 0 aliphatic carbocycles. The van der Waals surface area contributed by atoms with Crippen LogP contribution in [0.5, 0.6) is 0 Å². The maximum atomic E-state index is 13.2. The van der Waals surface area contributed by atoms with Gasteiger partial charge in [0.15, 0.2) is 11.6 Å². The fraction of sp³-hybridized carbons (Fsp3) is 0.143. The molecule has 1 atom stereocenters. The van der Waals surface area contributed by atoms with Gasteiger partial charge in [-0.25, -0.2) is 8.78 Å². The van der Waals surface area contributed by atoms with Gasteiger partial charge in [0.05, 0.1) is 6.04 Å². The van der Waals surface area contributed by atoms with Gasteiger partial charge in [-0.2, -0.15) is 0 Å². The first-order valence-electron chi connectivity index (χ1n) is 5.89. The van der Waals surface area contributed by atoms with Gasteiger partial charge in [-0.15, -0.1) is 11.8 Å². The van der Waals surface area contributed by atoms with Gasteiger partial charge in [0, 0.05) is 15.7 Å². The Bertz CT molecular complexity index is 595. The Morgan fingerprint density at radius 2 is 1.95 bits per heavy atom. The zero-order valence-electron chi connectivity index (χ0n) is 10.4. The Morgan fingerprint density at radius 3 is 2.60 bits per heavy atom. The molecular weight excluding hydrogens is 302 g/mol. The molecular formula is C14H13ClF2N2S. The van der Waals surface area contributed by atoms with E-state index in [0.717, 1.165) is 17.0 Å². The standard InChI is InChI=1S/C14H13ClF2N2S/c15-10-2-1-3-11(7-10)20-8-14(19-18)9-4-5-12(16)13(17)6-9/h1-7,14,19H,8,18H2. The molecule has 106 valence electrons. The van der Waals surface area contributed by atoms with Crippen molar-refractivity contribution in [1.82, 2.24) is 5.43 Å². The van der Waals surface area contributed by atoms with E-state index in [1.165, 1.54) is 17.8 Å². The van der Waals surface area contributed by atoms with E-state index in [2.05, 4.69) is 5.43 Å². The van der Waals surface area contributed by atoms with Crippen LogP contribution in [-0.4, -0.2) is 5.75 Å². The number of benzene rings is 2. The number of halogens is 3. The summed E-state index contributed by atoms with van der Waals surface area (Å²) in [5, 5.41) is 0.653. The van der Waals surface area contributed by atoms with E-state index in [1.54, 1.807) is 6.07 Å². The van der Waals surface area contributed by atoms with Gasteiger partial charge in [-0.3, -0.25) is 11.3 Å². The number of rotatable bonds is 5. The van der Waals surface area contributed by atoms with Crippen LogP contribution in [0.1, 0.15) is 11.6 Å². The van der Waals surface area contributed by atoms with E-state index in [4.69, 9.17) is 17.4 Å². The first-order chi connectivity index (χ1) is 9.60. The number of hydrogen-bond acceptors (Lipinski definition) is 3. The molecule has 0 aliphatic rings. The monoisotopic (exact) mass is 314 g/mol. The normalized spacial score (nSPS) is 12.4. The van der Waals surface area contributed by atoms with E-state index < -0.39 is 11.6 Å². The number of nitrogens with two attached hydrogens (primary N) is 1. The highest BCUT2D eigenvalue weighted by atomic mass is 35.5. The van der Waals surface area contributed by atoms with E-state index >= 15 is 0 Å². The Balaban J connectivity index is 2.07. The number of hydrogen-bond donors (Lipinski definition) is 2. The average molecular weight is 315 g/mol. The van der Waals surface area contributed by atoms with Crippen molar-refractivity contribution in [2.45, 2.75) is 10.9 Å². The topological polar surface area (TPSA) is 38.0 Å². The van der Waals surface area contributed by atoms with E-state index in [0.29, 0.717) is 16.3 Å². The molecule has 1 unspecified atom stereocenters. The summed E-state index contributed by atoms with van der Waals surface area (Å²) in [6.07, 6.45) is 0. The molecule has 2 nitrogen and oxygen atoms in total. The summed E-state index contributed by atoms with van der Waals surface area (Å²) >= 11 is 7.43. The van der Waals surface area contributed by atoms with Crippen LogP contribution in [0.25, 0.3) is 0 Å². The lowest BCUT2D eigenvalue weighted by Gasteiger charge is -2.16. The third-order valence-electron chi connectivity index (χ3n) is 2.76. The molecule has 2 aromatic carbocycles. The summed E-state index contributed by atoms with van der Waals surface area (Å²) in [7, 11) is 0. The fourth-order valence-corrected chi connectivity index (χ4v) is 2.99. The van der Waals surface area contributed by atoms with Gasteiger partial charge < -0.3 is 0 Å². The van der Waals surface area contributed by atoms with E-state index in [-0.39, 0.29) is 6.04 Å². The van der Waals surface area contributed by atoms with Crippen LogP contribution in [-0.2, 0) is 0 Å². The summed E-state index contributed by atoms with van der Waals surface area (Å²) in [5.74, 6) is 4.31. The third kappa shape index (κ3) is 3.93. The molecule has 6 heteroatoms. The predicted molar refractivity (Wildman–Crippen MR) is 78.6 cm³/mol. The first-order valence-corrected chi connectivity index (χ1v) is 7.26. The average Bonchev–Trinajstić information content (AvgIpc) is 2.43. The van der Waals surface area contributed by atoms with Gasteiger partial charge in [0.25, 0.3) is 0 Å². The van der Waals surface area contributed by atoms with Crippen LogP contribution < -0.4 is 11.3 Å². The molecule has 0 aliphatic heterocycles. The van der Waals surface area contributed by atoms with Crippen LogP contribution in [0.4, 0.5) is 8.78 Å². The molecule has 0 saturated heterocycles. The second-order valence-electron chi connectivity index (χ2n) is 4.16. The van der Waals surface area contributed by atoms with Crippen molar-refractivity contribution >= 4 is 23.4 Å². The Kier molecular flexibility index (Phi) is 5.37. The second-order valence-corrected chi connectivity index (χ2v) is 5.69. The quantitative estimate of drug-likeness (QED) is 0.499. The maximum absolute atomic E-state index is 13.2. The third-order valence-corrected chi connectivity index (χ3v) is 4.08. The minimum atomic E-state index is -0.879. The smallest absolute Gasteiger partial charge is 0.159 e. The lowest BCUT2D eigenvalue weighted by molar-refractivity contribution is 0.502. The van der Waals surface area contributed by atoms with Crippen molar-refractivity contribution in [1.29, 1.82) is 0 Å². The van der Waals surface area contributed by atoms with Crippen molar-refractivity contribution in [3.63, 3.8) is 0 Å². The summed E-state index contributed by atoms with van der Waals surface area (Å²) in [4.78, 5) is 0.986. The molecule has 0 radical (unpaired) electrons. The minimum Gasteiger partial charge on any atom is -0.271 e. The van der Waals surface area contributed by atoms with Gasteiger partial charge >= 0.3 is 0 Å². The maximum Gasteiger partial charge on any atom is 0.159 e. The van der Waals surface area contributed by atoms with Crippen LogP contribution in [0.15, 0.2) is 47.4 Å². The van der Waals surface area contributed by atoms with Crippen molar-refractivity contribution in [2.24, 2.45) is 5.84 Å². The largest absolute Gasteiger partial charge is 0.271 e. The molecule has 0 amide bonds. The van der Waals surface area contributed by atoms with Gasteiger partial charge in [-0.1, -0.05) is 23.7 Å². The summed E-state index contributed by atoms with van der Waals surface area (Å²) in [6, 6.07) is 10.9. The Hall–Kier alpha value is -1.14. The second kappa shape index (κ2) is 7.04. The van der Waals surface area contributed by atoms with Gasteiger partial charge in [-0.05, 0) is 35.9 Å². The molecule has 20 heavy (non-hydrogen) atoms. The fourth-order valence-electron chi connectivity index (χ4n) is 1.71. The predicted octanol–water partition coefficient (Wildman–Crippen LogP) is 3.91. The molecule has 0 saturated carbocycles. The van der Waals surface area contributed by atoms with Gasteiger partial charge in [0.2, 0.25) is 0 Å². The molecule has 0 heterocycles. The lowest BCUT2D eigenvalue weighted by atomic mass is 10.1. The Morgan fingerprint density at radius 1 is 1.15 bits per heavy atom. The first kappa shape index (κ1) is 15.3. The molecule has 0 bridgehead atoms. The van der Waals surface area contributed by atoms with Crippen LogP contribution in [0.2, 0.25) is 5.02 Å². The molecule has 3 N–H and O–H groups in total. The lowest BCUT2D eigenvalue weighted by Crippen LogP contribution is -2.29. The van der Waals surface area contributed by atoms with Crippen molar-refractivity contribution in [2.75, 3.05) is 5.75 Å². The SMILES string of the molecule is NNC(CSc1cccc(Cl)c1)c1ccc(F)c(F)c1. The van der Waals surface area contributed by atoms with Crippen LogP contribution in [0, 0.1) is 11.6 Å². The zero-order chi connectivity index (χ0) is 14.5. The van der Waals surface area contributed by atoms with Crippen LogP contribution >= 0.6 is 23.4 Å². The molecule has 0 fully saturated rings. The molecule has 2 rings (SSSR count). The Labute approximate surface area is 125 Å². The molecule has 0 aromatic heterocycles. The van der Waals surface area contributed by atoms with Crippen molar-refractivity contribution in [3.8, 4) is 0 Å². The number of nitrogens with one attached hydrogen (secondary N) is 1. The molecule has 2 aromatic rings. The zero-order valence-corrected chi connectivity index (χ0v) is 12.0.